The predicted octanol–water partition coefficient (Wildman–Crippen LogP) is 1.49. The zero-order valence-corrected chi connectivity index (χ0v) is 10.6. The molecule has 3 heteroatoms. The van der Waals surface area contributed by atoms with Gasteiger partial charge < -0.3 is 10.1 Å². The highest BCUT2D eigenvalue weighted by atomic mass is 16.5. The highest BCUT2D eigenvalue weighted by molar-refractivity contribution is 4.92. The summed E-state index contributed by atoms with van der Waals surface area (Å²) in [6, 6.07) is 0.795. The van der Waals surface area contributed by atoms with Gasteiger partial charge >= 0.3 is 0 Å². The lowest BCUT2D eigenvalue weighted by molar-refractivity contribution is 0.0694. The van der Waals surface area contributed by atoms with E-state index in [0.717, 1.165) is 38.3 Å². The van der Waals surface area contributed by atoms with Gasteiger partial charge in [-0.1, -0.05) is 13.3 Å². The van der Waals surface area contributed by atoms with Crippen molar-refractivity contribution in [2.45, 2.75) is 38.6 Å². The highest BCUT2D eigenvalue weighted by Gasteiger charge is 2.36. The van der Waals surface area contributed by atoms with Crippen molar-refractivity contribution in [1.29, 1.82) is 0 Å². The Morgan fingerprint density at radius 1 is 1.31 bits per heavy atom. The van der Waals surface area contributed by atoms with Crippen LogP contribution in [0.3, 0.4) is 0 Å². The first-order chi connectivity index (χ1) is 7.92. The number of unbranched alkanes of at least 4 members (excludes halogenated alkanes) is 1. The third-order valence-electron chi connectivity index (χ3n) is 3.73. The van der Waals surface area contributed by atoms with Gasteiger partial charge in [-0.15, -0.1) is 0 Å². The van der Waals surface area contributed by atoms with Crippen molar-refractivity contribution >= 4 is 0 Å². The maximum atomic E-state index is 5.66. The van der Waals surface area contributed by atoms with E-state index in [-0.39, 0.29) is 0 Å². The minimum Gasteiger partial charge on any atom is -0.380 e. The zero-order valence-electron chi connectivity index (χ0n) is 10.6. The average Bonchev–Trinajstić information content (AvgIpc) is 3.13. The van der Waals surface area contributed by atoms with Crippen LogP contribution in [0.15, 0.2) is 0 Å². The van der Waals surface area contributed by atoms with Gasteiger partial charge in [0.25, 0.3) is 0 Å². The Morgan fingerprint density at radius 2 is 2.19 bits per heavy atom. The molecule has 1 unspecified atom stereocenters. The smallest absolute Gasteiger partial charge is 0.0593 e. The molecule has 2 fully saturated rings. The molecule has 0 aromatic carbocycles. The molecular weight excluding hydrogens is 200 g/mol. The monoisotopic (exact) mass is 226 g/mol. The molecule has 2 rings (SSSR count). The Bertz CT molecular complexity index is 194. The molecule has 0 bridgehead atoms. The maximum absolute atomic E-state index is 5.66. The van der Waals surface area contributed by atoms with Crippen LogP contribution in [0.5, 0.6) is 0 Å². The molecule has 2 aliphatic rings. The van der Waals surface area contributed by atoms with Crippen molar-refractivity contribution in [2.75, 3.05) is 39.4 Å². The highest BCUT2D eigenvalue weighted by Crippen LogP contribution is 2.35. The first-order valence-electron chi connectivity index (χ1n) is 6.94. The molecule has 3 nitrogen and oxygen atoms in total. The molecule has 1 saturated carbocycles. The Hall–Kier alpha value is -0.120. The Balaban J connectivity index is 1.62. The van der Waals surface area contributed by atoms with Crippen LogP contribution in [0.1, 0.15) is 32.6 Å². The van der Waals surface area contributed by atoms with E-state index < -0.39 is 0 Å². The first-order valence-corrected chi connectivity index (χ1v) is 6.94. The molecule has 0 amide bonds. The molecule has 16 heavy (non-hydrogen) atoms. The molecule has 1 saturated heterocycles. The van der Waals surface area contributed by atoms with Crippen LogP contribution in [0.25, 0.3) is 0 Å². The summed E-state index contributed by atoms with van der Waals surface area (Å²) in [5, 5.41) is 3.51. The van der Waals surface area contributed by atoms with E-state index in [0.29, 0.717) is 0 Å². The summed E-state index contributed by atoms with van der Waals surface area (Å²) in [6.07, 6.45) is 5.32. The van der Waals surface area contributed by atoms with Crippen molar-refractivity contribution in [3.05, 3.63) is 0 Å². The van der Waals surface area contributed by atoms with Gasteiger partial charge in [-0.2, -0.15) is 0 Å². The van der Waals surface area contributed by atoms with E-state index in [9.17, 15) is 0 Å². The summed E-state index contributed by atoms with van der Waals surface area (Å²) >= 11 is 0. The Morgan fingerprint density at radius 3 is 2.94 bits per heavy atom. The molecule has 0 aromatic rings. The van der Waals surface area contributed by atoms with E-state index in [1.165, 1.54) is 38.8 Å². The van der Waals surface area contributed by atoms with Gasteiger partial charge in [-0.3, -0.25) is 4.90 Å². The average molecular weight is 226 g/mol. The van der Waals surface area contributed by atoms with Crippen LogP contribution >= 0.6 is 0 Å². The molecule has 0 aromatic heterocycles. The second kappa shape index (κ2) is 6.58. The molecule has 1 atom stereocenters. The lowest BCUT2D eigenvalue weighted by atomic mass is 10.1. The number of hydrogen-bond acceptors (Lipinski definition) is 3. The van der Waals surface area contributed by atoms with Gasteiger partial charge in [0.1, 0.15) is 0 Å². The molecule has 1 heterocycles. The Labute approximate surface area is 99.5 Å². The van der Waals surface area contributed by atoms with E-state index in [4.69, 9.17) is 4.74 Å². The molecular formula is C13H26N2O. The van der Waals surface area contributed by atoms with Crippen LogP contribution in [-0.2, 0) is 4.74 Å². The third-order valence-corrected chi connectivity index (χ3v) is 3.73. The summed E-state index contributed by atoms with van der Waals surface area (Å²) < 4.78 is 5.66. The van der Waals surface area contributed by atoms with Crippen LogP contribution in [-0.4, -0.2) is 50.3 Å². The SMILES string of the molecule is CCCCOCCN1CCNCC1C1CC1. The summed E-state index contributed by atoms with van der Waals surface area (Å²) in [6.45, 7) is 8.76. The topological polar surface area (TPSA) is 24.5 Å². The molecule has 94 valence electrons. The molecule has 1 aliphatic heterocycles. The largest absolute Gasteiger partial charge is 0.380 e. The van der Waals surface area contributed by atoms with Gasteiger partial charge in [-0.25, -0.2) is 0 Å². The molecule has 0 radical (unpaired) electrons. The lowest BCUT2D eigenvalue weighted by Gasteiger charge is -2.36. The lowest BCUT2D eigenvalue weighted by Crippen LogP contribution is -2.53. The van der Waals surface area contributed by atoms with Gasteiger partial charge in [-0.05, 0) is 25.2 Å². The van der Waals surface area contributed by atoms with Gasteiger partial charge in [0, 0.05) is 38.8 Å². The van der Waals surface area contributed by atoms with Crippen molar-refractivity contribution in [3.8, 4) is 0 Å². The summed E-state index contributed by atoms with van der Waals surface area (Å²) in [4.78, 5) is 2.64. The summed E-state index contributed by atoms with van der Waals surface area (Å²) in [5.41, 5.74) is 0. The van der Waals surface area contributed by atoms with Gasteiger partial charge in [0.05, 0.1) is 6.61 Å². The Kier molecular flexibility index (Phi) is 5.07. The number of nitrogens with zero attached hydrogens (tertiary/aromatic N) is 1. The number of nitrogens with one attached hydrogen (secondary N) is 1. The van der Waals surface area contributed by atoms with Gasteiger partial charge in [0.15, 0.2) is 0 Å². The van der Waals surface area contributed by atoms with Crippen molar-refractivity contribution in [3.63, 3.8) is 0 Å². The number of piperazine rings is 1. The summed E-state index contributed by atoms with van der Waals surface area (Å²) in [5.74, 6) is 0.975. The van der Waals surface area contributed by atoms with E-state index in [1.54, 1.807) is 0 Å². The quantitative estimate of drug-likeness (QED) is 0.666. The van der Waals surface area contributed by atoms with Gasteiger partial charge in [0.2, 0.25) is 0 Å². The minimum absolute atomic E-state index is 0.795. The fraction of sp³-hybridized carbons (Fsp3) is 1.00. The van der Waals surface area contributed by atoms with Crippen LogP contribution in [0, 0.1) is 5.92 Å². The summed E-state index contributed by atoms with van der Waals surface area (Å²) in [7, 11) is 0. The van der Waals surface area contributed by atoms with Crippen molar-refractivity contribution in [1.82, 2.24) is 10.2 Å². The van der Waals surface area contributed by atoms with Crippen LogP contribution < -0.4 is 5.32 Å². The number of ether oxygens (including phenoxy) is 1. The first kappa shape index (κ1) is 12.3. The normalized spacial score (nSPS) is 27.2. The zero-order chi connectivity index (χ0) is 11.2. The van der Waals surface area contributed by atoms with E-state index >= 15 is 0 Å². The fourth-order valence-corrected chi connectivity index (χ4v) is 2.52. The molecule has 1 aliphatic carbocycles. The van der Waals surface area contributed by atoms with E-state index in [1.807, 2.05) is 0 Å². The number of hydrogen-bond donors (Lipinski definition) is 1. The second-order valence-electron chi connectivity index (χ2n) is 5.11. The fourth-order valence-electron chi connectivity index (χ4n) is 2.52. The van der Waals surface area contributed by atoms with Crippen LogP contribution in [0.4, 0.5) is 0 Å². The predicted molar refractivity (Wildman–Crippen MR) is 66.7 cm³/mol. The van der Waals surface area contributed by atoms with Crippen LogP contribution in [0.2, 0.25) is 0 Å². The van der Waals surface area contributed by atoms with Crippen molar-refractivity contribution in [2.24, 2.45) is 5.92 Å². The molecule has 0 spiro atoms. The third kappa shape index (κ3) is 3.72. The number of rotatable bonds is 7. The second-order valence-corrected chi connectivity index (χ2v) is 5.11. The maximum Gasteiger partial charge on any atom is 0.0593 e. The van der Waals surface area contributed by atoms with Crippen molar-refractivity contribution < 1.29 is 4.74 Å². The standard InChI is InChI=1S/C13H26N2O/c1-2-3-9-16-10-8-15-7-6-14-11-13(15)12-4-5-12/h12-14H,2-11H2,1H3. The molecule has 1 N–H and O–H groups in total. The van der Waals surface area contributed by atoms with E-state index in [2.05, 4.69) is 17.1 Å². The minimum atomic E-state index is 0.795.